The molecule has 0 spiro atoms. The van der Waals surface area contributed by atoms with E-state index in [4.69, 9.17) is 4.42 Å². The lowest BCUT2D eigenvalue weighted by Gasteiger charge is -2.20. The summed E-state index contributed by atoms with van der Waals surface area (Å²) in [4.78, 5) is 0. The molecule has 0 fully saturated rings. The van der Waals surface area contributed by atoms with E-state index in [1.165, 1.54) is 66.1 Å². The molecule has 1 heterocycles. The zero-order valence-electron chi connectivity index (χ0n) is 24.6. The van der Waals surface area contributed by atoms with Crippen LogP contribution in [0.1, 0.15) is 0 Å². The lowest BCUT2D eigenvalue weighted by atomic mass is 9.83. The van der Waals surface area contributed by atoms with Crippen molar-refractivity contribution < 1.29 is 4.42 Å². The van der Waals surface area contributed by atoms with Crippen molar-refractivity contribution in [2.24, 2.45) is 0 Å². The largest absolute Gasteiger partial charge is 0.456 e. The Kier molecular flexibility index (Phi) is 5.89. The molecule has 1 nitrogen and oxygen atoms in total. The quantitative estimate of drug-likeness (QED) is 0.191. The Bertz CT molecular complexity index is 2460. The summed E-state index contributed by atoms with van der Waals surface area (Å²) in [6, 6.07) is 60.9. The van der Waals surface area contributed by atoms with E-state index in [0.29, 0.717) is 0 Å². The van der Waals surface area contributed by atoms with Gasteiger partial charge in [0.05, 0.1) is 0 Å². The highest BCUT2D eigenvalue weighted by atomic mass is 16.3. The zero-order valence-corrected chi connectivity index (χ0v) is 24.6. The van der Waals surface area contributed by atoms with Gasteiger partial charge in [0, 0.05) is 10.8 Å². The number of benzene rings is 8. The maximum atomic E-state index is 6.49. The van der Waals surface area contributed by atoms with Crippen LogP contribution in [0.4, 0.5) is 0 Å². The van der Waals surface area contributed by atoms with Crippen molar-refractivity contribution in [3.05, 3.63) is 170 Å². The molecule has 0 amide bonds. The molecule has 45 heavy (non-hydrogen) atoms. The summed E-state index contributed by atoms with van der Waals surface area (Å²) in [5.74, 6) is 0. The molecule has 0 saturated heterocycles. The second-order valence-corrected chi connectivity index (χ2v) is 11.6. The third-order valence-corrected chi connectivity index (χ3v) is 9.08. The Balaban J connectivity index is 1.39. The second-order valence-electron chi connectivity index (χ2n) is 11.6. The lowest BCUT2D eigenvalue weighted by Crippen LogP contribution is -1.93. The molecule has 0 aliphatic heterocycles. The van der Waals surface area contributed by atoms with Crippen LogP contribution >= 0.6 is 0 Å². The fourth-order valence-electron chi connectivity index (χ4n) is 7.12. The summed E-state index contributed by atoms with van der Waals surface area (Å²) in [6.45, 7) is 0. The van der Waals surface area contributed by atoms with Gasteiger partial charge in [-0.1, -0.05) is 152 Å². The minimum atomic E-state index is 0.902. The molecule has 1 aromatic heterocycles. The van der Waals surface area contributed by atoms with Gasteiger partial charge in [0.2, 0.25) is 0 Å². The van der Waals surface area contributed by atoms with Gasteiger partial charge in [-0.2, -0.15) is 0 Å². The Morgan fingerprint density at radius 1 is 0.289 bits per heavy atom. The molecule has 0 radical (unpaired) electrons. The first-order valence-corrected chi connectivity index (χ1v) is 15.4. The van der Waals surface area contributed by atoms with Gasteiger partial charge < -0.3 is 4.42 Å². The van der Waals surface area contributed by atoms with Crippen molar-refractivity contribution >= 4 is 43.5 Å². The van der Waals surface area contributed by atoms with E-state index in [1.807, 2.05) is 0 Å². The molecule has 0 aliphatic rings. The van der Waals surface area contributed by atoms with Crippen molar-refractivity contribution in [1.29, 1.82) is 0 Å². The minimum absolute atomic E-state index is 0.902. The summed E-state index contributed by atoms with van der Waals surface area (Å²) in [5, 5.41) is 7.23. The molecular formula is C44H28O. The highest BCUT2D eigenvalue weighted by molar-refractivity contribution is 6.26. The summed E-state index contributed by atoms with van der Waals surface area (Å²) in [6.07, 6.45) is 0. The molecule has 9 aromatic rings. The molecule has 1 heteroatoms. The smallest absolute Gasteiger partial charge is 0.136 e. The van der Waals surface area contributed by atoms with E-state index in [1.54, 1.807) is 0 Å². The molecule has 0 atom stereocenters. The molecule has 0 aliphatic carbocycles. The van der Waals surface area contributed by atoms with Crippen molar-refractivity contribution in [2.45, 2.75) is 0 Å². The number of hydrogen-bond acceptors (Lipinski definition) is 1. The minimum Gasteiger partial charge on any atom is -0.456 e. The lowest BCUT2D eigenvalue weighted by molar-refractivity contribution is 0.669. The molecule has 9 rings (SSSR count). The van der Waals surface area contributed by atoms with Gasteiger partial charge in [0.1, 0.15) is 11.2 Å². The predicted octanol–water partition coefficient (Wildman–Crippen LogP) is 12.6. The Hall–Kier alpha value is -5.92. The maximum Gasteiger partial charge on any atom is 0.136 e. The van der Waals surface area contributed by atoms with Crippen LogP contribution in [-0.2, 0) is 0 Å². The fraction of sp³-hybridized carbons (Fsp3) is 0. The van der Waals surface area contributed by atoms with Crippen LogP contribution in [0.5, 0.6) is 0 Å². The van der Waals surface area contributed by atoms with Crippen molar-refractivity contribution in [3.8, 4) is 44.5 Å². The fourth-order valence-corrected chi connectivity index (χ4v) is 7.12. The summed E-state index contributed by atoms with van der Waals surface area (Å²) < 4.78 is 6.49. The molecule has 0 bridgehead atoms. The van der Waals surface area contributed by atoms with Gasteiger partial charge in [-0.05, 0) is 84.3 Å². The molecule has 0 saturated carbocycles. The van der Waals surface area contributed by atoms with Crippen molar-refractivity contribution in [3.63, 3.8) is 0 Å². The second kappa shape index (κ2) is 10.4. The number of fused-ring (bicyclic) bond motifs is 5. The molecule has 0 N–H and O–H groups in total. The van der Waals surface area contributed by atoms with E-state index in [-0.39, 0.29) is 0 Å². The van der Waals surface area contributed by atoms with Gasteiger partial charge in [-0.25, -0.2) is 0 Å². The van der Waals surface area contributed by atoms with Crippen LogP contribution in [0.2, 0.25) is 0 Å². The first kappa shape index (κ1) is 25.6. The number of rotatable bonds is 4. The molecule has 0 unspecified atom stereocenters. The van der Waals surface area contributed by atoms with Gasteiger partial charge >= 0.3 is 0 Å². The van der Waals surface area contributed by atoms with Gasteiger partial charge in [0.15, 0.2) is 0 Å². The van der Waals surface area contributed by atoms with Crippen LogP contribution in [0, 0.1) is 0 Å². The van der Waals surface area contributed by atoms with Crippen LogP contribution in [0.15, 0.2) is 174 Å². The topological polar surface area (TPSA) is 13.1 Å². The van der Waals surface area contributed by atoms with E-state index >= 15 is 0 Å². The molecule has 8 aromatic carbocycles. The Morgan fingerprint density at radius 2 is 0.800 bits per heavy atom. The van der Waals surface area contributed by atoms with Crippen molar-refractivity contribution in [1.82, 2.24) is 0 Å². The first-order valence-electron chi connectivity index (χ1n) is 15.4. The summed E-state index contributed by atoms with van der Waals surface area (Å²) in [5.41, 5.74) is 11.6. The molecule has 210 valence electrons. The van der Waals surface area contributed by atoms with Crippen LogP contribution < -0.4 is 0 Å². The van der Waals surface area contributed by atoms with Gasteiger partial charge in [-0.15, -0.1) is 0 Å². The van der Waals surface area contributed by atoms with Crippen LogP contribution in [-0.4, -0.2) is 0 Å². The highest BCUT2D eigenvalue weighted by Crippen LogP contribution is 2.48. The van der Waals surface area contributed by atoms with E-state index in [0.717, 1.165) is 21.9 Å². The Morgan fingerprint density at radius 3 is 1.44 bits per heavy atom. The normalized spacial score (nSPS) is 11.6. The van der Waals surface area contributed by atoms with E-state index in [9.17, 15) is 0 Å². The highest BCUT2D eigenvalue weighted by Gasteiger charge is 2.21. The van der Waals surface area contributed by atoms with Gasteiger partial charge in [-0.3, -0.25) is 0 Å². The van der Waals surface area contributed by atoms with E-state index < -0.39 is 0 Å². The van der Waals surface area contributed by atoms with E-state index in [2.05, 4.69) is 170 Å². The first-order chi connectivity index (χ1) is 22.3. The number of hydrogen-bond donors (Lipinski definition) is 0. The standard InChI is InChI=1S/C44H28O/c1-3-14-29(15-4-1)31-26-27-40-39(28-31)44-38(24-13-25-41(44)45-40)43-36-22-11-9-20-34(36)42(35-21-10-12-23-37(35)43)33-19-8-7-18-32(33)30-16-5-2-6-17-30/h1-28H. The third kappa shape index (κ3) is 4.09. The monoisotopic (exact) mass is 572 g/mol. The number of furan rings is 1. The average molecular weight is 573 g/mol. The maximum absolute atomic E-state index is 6.49. The van der Waals surface area contributed by atoms with Crippen LogP contribution in [0.25, 0.3) is 88.0 Å². The predicted molar refractivity (Wildman–Crippen MR) is 190 cm³/mol. The average Bonchev–Trinajstić information content (AvgIpc) is 3.50. The third-order valence-electron chi connectivity index (χ3n) is 9.08. The summed E-state index contributed by atoms with van der Waals surface area (Å²) >= 11 is 0. The van der Waals surface area contributed by atoms with Gasteiger partial charge in [0.25, 0.3) is 0 Å². The summed E-state index contributed by atoms with van der Waals surface area (Å²) in [7, 11) is 0. The SMILES string of the molecule is c1ccc(-c2ccc3oc4cccc(-c5c6ccccc6c(-c6ccccc6-c6ccccc6)c6ccccc56)c4c3c2)cc1. The van der Waals surface area contributed by atoms with Crippen molar-refractivity contribution in [2.75, 3.05) is 0 Å². The Labute approximate surface area is 261 Å². The zero-order chi connectivity index (χ0) is 29.7. The molecular weight excluding hydrogens is 544 g/mol. The van der Waals surface area contributed by atoms with Crippen LogP contribution in [0.3, 0.4) is 0 Å².